The Bertz CT molecular complexity index is 694. The summed E-state index contributed by atoms with van der Waals surface area (Å²) in [6.45, 7) is 14.9. The molecule has 0 aromatic heterocycles. The number of rotatable bonds is 16. The second-order valence-corrected chi connectivity index (χ2v) is 10.7. The van der Waals surface area contributed by atoms with Gasteiger partial charge in [0.1, 0.15) is 23.1 Å². The molecule has 0 radical (unpaired) electrons. The minimum atomic E-state index is -1.29. The Labute approximate surface area is 261 Å². The van der Waals surface area contributed by atoms with E-state index in [0.717, 1.165) is 0 Å². The molecule has 0 fully saturated rings. The summed E-state index contributed by atoms with van der Waals surface area (Å²) < 4.78 is 0. The van der Waals surface area contributed by atoms with Crippen LogP contribution in [0.1, 0.15) is 107 Å². The number of carboxylic acid groups (broad SMARTS) is 4. The van der Waals surface area contributed by atoms with Crippen LogP contribution in [0.25, 0.3) is 0 Å². The van der Waals surface area contributed by atoms with Crippen molar-refractivity contribution >= 4 is 47.0 Å². The summed E-state index contributed by atoms with van der Waals surface area (Å²) in [5, 5.41) is 39.4. The molecule has 12 nitrogen and oxygen atoms in total. The SMILES string of the molecule is CC(C)CC(=O)CC(=O)[O-].CC(C)CC(=O)CC(=O)[O-].CC(C)CC(=O)CC(=O)[O-].CC(C)CC(=O)CC(=O)[O-].[Zr+4]. The molecule has 0 spiro atoms. The molecule has 0 amide bonds. The molecule has 0 N–H and O–H groups in total. The van der Waals surface area contributed by atoms with Gasteiger partial charge in [0, 0.05) is 75.2 Å². The van der Waals surface area contributed by atoms with Gasteiger partial charge in [-0.1, -0.05) is 55.4 Å². The Kier molecular flexibility index (Phi) is 34.0. The van der Waals surface area contributed by atoms with E-state index in [0.29, 0.717) is 25.7 Å². The van der Waals surface area contributed by atoms with E-state index in [1.54, 1.807) is 0 Å². The summed E-state index contributed by atoms with van der Waals surface area (Å²) in [5.41, 5.74) is 0. The second kappa shape index (κ2) is 29.0. The zero-order valence-corrected chi connectivity index (χ0v) is 27.8. The third-order valence-electron chi connectivity index (χ3n) is 3.91. The molecule has 0 aromatic carbocycles. The zero-order valence-electron chi connectivity index (χ0n) is 25.4. The van der Waals surface area contributed by atoms with Gasteiger partial charge in [-0.15, -0.1) is 0 Å². The van der Waals surface area contributed by atoms with Gasteiger partial charge in [0.25, 0.3) is 0 Å². The quantitative estimate of drug-likeness (QED) is 0.180. The maximum Gasteiger partial charge on any atom is 4.00 e. The average Bonchev–Trinajstić information content (AvgIpc) is 2.63. The van der Waals surface area contributed by atoms with E-state index >= 15 is 0 Å². The normalized spacial score (nSPS) is 9.66. The van der Waals surface area contributed by atoms with Crippen LogP contribution in [0.5, 0.6) is 0 Å². The third kappa shape index (κ3) is 54.3. The maximum absolute atomic E-state index is 10.6. The number of aliphatic carboxylic acids is 4. The van der Waals surface area contributed by atoms with Crippen LogP contribution >= 0.6 is 0 Å². The molecule has 0 unspecified atom stereocenters. The van der Waals surface area contributed by atoms with Crippen LogP contribution in [0.3, 0.4) is 0 Å². The monoisotopic (exact) mass is 662 g/mol. The molecule has 0 aliphatic heterocycles. The Hall–Kier alpha value is -2.56. The molecule has 0 aliphatic carbocycles. The van der Waals surface area contributed by atoms with E-state index in [9.17, 15) is 58.8 Å². The van der Waals surface area contributed by atoms with Crippen molar-refractivity contribution in [1.82, 2.24) is 0 Å². The molecule has 0 aliphatic rings. The van der Waals surface area contributed by atoms with Crippen molar-refractivity contribution < 1.29 is 85.0 Å². The molecule has 0 saturated carbocycles. The zero-order chi connectivity index (χ0) is 32.6. The predicted octanol–water partition coefficient (Wildman–Crippen LogP) is -1.04. The number of carboxylic acids is 4. The van der Waals surface area contributed by atoms with Crippen LogP contribution in [-0.4, -0.2) is 47.0 Å². The first-order valence-corrected chi connectivity index (χ1v) is 12.9. The van der Waals surface area contributed by atoms with Crippen LogP contribution in [0.2, 0.25) is 0 Å². The van der Waals surface area contributed by atoms with Gasteiger partial charge in [0.15, 0.2) is 0 Å². The average molecular weight is 664 g/mol. The minimum Gasteiger partial charge on any atom is -0.550 e. The molecular formula is C28H44O12Zr. The molecule has 0 heterocycles. The molecule has 232 valence electrons. The molecule has 0 bridgehead atoms. The van der Waals surface area contributed by atoms with E-state index in [1.165, 1.54) is 0 Å². The van der Waals surface area contributed by atoms with Crippen molar-refractivity contribution in [1.29, 1.82) is 0 Å². The van der Waals surface area contributed by atoms with E-state index in [1.807, 2.05) is 55.4 Å². The Balaban J connectivity index is -0.000000139. The summed E-state index contributed by atoms with van der Waals surface area (Å²) in [7, 11) is 0. The van der Waals surface area contributed by atoms with E-state index in [2.05, 4.69) is 0 Å². The summed E-state index contributed by atoms with van der Waals surface area (Å²) in [4.78, 5) is 82.0. The Morgan fingerprint density at radius 3 is 0.561 bits per heavy atom. The van der Waals surface area contributed by atoms with Crippen molar-refractivity contribution in [3.05, 3.63) is 0 Å². The van der Waals surface area contributed by atoms with Crippen molar-refractivity contribution in [3.63, 3.8) is 0 Å². The summed E-state index contributed by atoms with van der Waals surface area (Å²) in [5.74, 6) is -5.25. The van der Waals surface area contributed by atoms with Gasteiger partial charge in [-0.25, -0.2) is 0 Å². The predicted molar refractivity (Wildman–Crippen MR) is 136 cm³/mol. The van der Waals surface area contributed by atoms with Gasteiger partial charge in [-0.05, 0) is 23.7 Å². The van der Waals surface area contributed by atoms with Gasteiger partial charge in [-0.3, -0.25) is 19.2 Å². The van der Waals surface area contributed by atoms with Gasteiger partial charge in [-0.2, -0.15) is 0 Å². The molecule has 0 rings (SSSR count). The van der Waals surface area contributed by atoms with Crippen molar-refractivity contribution in [3.8, 4) is 0 Å². The number of carbonyl (C=O) groups excluding carboxylic acids is 8. The van der Waals surface area contributed by atoms with Crippen LogP contribution < -0.4 is 20.4 Å². The smallest absolute Gasteiger partial charge is 0.550 e. The first kappa shape index (κ1) is 48.2. The largest absolute Gasteiger partial charge is 4.00 e. The fourth-order valence-electron chi connectivity index (χ4n) is 2.75. The van der Waals surface area contributed by atoms with Gasteiger partial charge in [0.05, 0.1) is 0 Å². The summed E-state index contributed by atoms with van der Waals surface area (Å²) in [6, 6.07) is 0. The summed E-state index contributed by atoms with van der Waals surface area (Å²) >= 11 is 0. The number of ketones is 4. The van der Waals surface area contributed by atoms with Gasteiger partial charge >= 0.3 is 26.2 Å². The maximum atomic E-state index is 10.6. The fraction of sp³-hybridized carbons (Fsp3) is 0.714. The second-order valence-electron chi connectivity index (χ2n) is 10.7. The molecule has 0 atom stereocenters. The number of carbonyl (C=O) groups is 8. The first-order valence-electron chi connectivity index (χ1n) is 12.9. The number of Topliss-reactive ketones (excluding diaryl/α,β-unsaturated/α-hetero) is 4. The molecule has 0 saturated heterocycles. The van der Waals surface area contributed by atoms with Crippen molar-refractivity contribution in [2.75, 3.05) is 0 Å². The van der Waals surface area contributed by atoms with Gasteiger partial charge < -0.3 is 39.6 Å². The van der Waals surface area contributed by atoms with Gasteiger partial charge in [0.2, 0.25) is 0 Å². The third-order valence-corrected chi connectivity index (χ3v) is 3.91. The van der Waals surface area contributed by atoms with Crippen LogP contribution in [-0.2, 0) is 64.6 Å². The van der Waals surface area contributed by atoms with Crippen LogP contribution in [0.4, 0.5) is 0 Å². The first-order chi connectivity index (χ1) is 18.1. The fourth-order valence-corrected chi connectivity index (χ4v) is 2.75. The topological polar surface area (TPSA) is 229 Å². The molecule has 0 aromatic rings. The Morgan fingerprint density at radius 1 is 0.366 bits per heavy atom. The standard InChI is InChI=1S/4C7H12O3.Zr/c4*1-5(2)3-6(8)4-7(9)10;/h4*5H,3-4H2,1-2H3,(H,9,10);/q;;;;+4/p-4. The molecule has 41 heavy (non-hydrogen) atoms. The Morgan fingerprint density at radius 2 is 0.488 bits per heavy atom. The van der Waals surface area contributed by atoms with E-state index in [-0.39, 0.29) is 73.0 Å². The minimum absolute atomic E-state index is 0. The van der Waals surface area contributed by atoms with Crippen LogP contribution in [0, 0.1) is 23.7 Å². The van der Waals surface area contributed by atoms with Crippen molar-refractivity contribution in [2.45, 2.75) is 107 Å². The van der Waals surface area contributed by atoms with E-state index < -0.39 is 49.6 Å². The number of hydrogen-bond donors (Lipinski definition) is 0. The van der Waals surface area contributed by atoms with E-state index in [4.69, 9.17) is 0 Å². The summed E-state index contributed by atoms with van der Waals surface area (Å²) in [6.07, 6.45) is -0.476. The van der Waals surface area contributed by atoms with Crippen molar-refractivity contribution in [2.24, 2.45) is 23.7 Å². The molecular weight excluding hydrogens is 620 g/mol. The number of hydrogen-bond acceptors (Lipinski definition) is 12. The van der Waals surface area contributed by atoms with Crippen LogP contribution in [0.15, 0.2) is 0 Å². The molecule has 13 heteroatoms.